The average Bonchev–Trinajstić information content (AvgIpc) is 2.71. The van der Waals surface area contributed by atoms with Gasteiger partial charge in [0.1, 0.15) is 11.6 Å². The topological polar surface area (TPSA) is 61.8 Å². The Hall–Kier alpha value is -1.94. The third kappa shape index (κ3) is 6.03. The summed E-state index contributed by atoms with van der Waals surface area (Å²) in [5.74, 6) is 1.44. The molecule has 0 aliphatic carbocycles. The van der Waals surface area contributed by atoms with Crippen molar-refractivity contribution < 1.29 is 9.13 Å². The number of ether oxygens (including phenoxy) is 1. The molecule has 152 valence electrons. The Kier molecular flexibility index (Phi) is 8.91. The number of aliphatic imine (C=N–C) groups is 1. The molecule has 2 N–H and O–H groups in total. The number of pyridine rings is 1. The van der Waals surface area contributed by atoms with Gasteiger partial charge in [0, 0.05) is 45.0 Å². The van der Waals surface area contributed by atoms with Gasteiger partial charge in [0.25, 0.3) is 0 Å². The fourth-order valence-electron chi connectivity index (χ4n) is 2.96. The average molecular weight is 499 g/mol. The Labute approximate surface area is 182 Å². The zero-order valence-electron chi connectivity index (χ0n) is 16.2. The second-order valence-corrected chi connectivity index (χ2v) is 6.45. The number of hydrogen-bond donors (Lipinski definition) is 2. The lowest BCUT2D eigenvalue weighted by Gasteiger charge is -2.29. The van der Waals surface area contributed by atoms with Crippen LogP contribution in [0.5, 0.6) is 0 Å². The summed E-state index contributed by atoms with van der Waals surface area (Å²) in [5, 5.41) is 6.53. The van der Waals surface area contributed by atoms with Gasteiger partial charge in [-0.05, 0) is 30.2 Å². The van der Waals surface area contributed by atoms with Crippen LogP contribution in [0.3, 0.4) is 0 Å². The normalized spacial score (nSPS) is 14.4. The summed E-state index contributed by atoms with van der Waals surface area (Å²) in [4.78, 5) is 11.0. The molecule has 28 heavy (non-hydrogen) atoms. The number of anilines is 1. The molecule has 8 heteroatoms. The number of nitrogens with zero attached hydrogens (tertiary/aromatic N) is 3. The lowest BCUT2D eigenvalue weighted by Crippen LogP contribution is -2.39. The van der Waals surface area contributed by atoms with E-state index in [1.54, 1.807) is 26.1 Å². The molecular formula is C20H27FIN5O. The molecule has 2 aromatic rings. The molecule has 0 unspecified atom stereocenters. The summed E-state index contributed by atoms with van der Waals surface area (Å²) in [6, 6.07) is 9.25. The fraction of sp³-hybridized carbons (Fsp3) is 0.400. The number of morpholine rings is 1. The Morgan fingerprint density at radius 2 is 1.96 bits per heavy atom. The molecule has 1 aromatic heterocycles. The van der Waals surface area contributed by atoms with E-state index in [9.17, 15) is 4.39 Å². The monoisotopic (exact) mass is 499 g/mol. The maximum atomic E-state index is 13.7. The number of guanidine groups is 1. The first-order valence-electron chi connectivity index (χ1n) is 9.13. The standard InChI is InChI=1S/C20H26FN5O.HI/c1-15-5-6-16(12-18(15)21)13-24-20(22-2)25-14-17-4-3-7-23-19(17)26-8-10-27-11-9-26;/h3-7,12H,8-11,13-14H2,1-2H3,(H2,22,24,25);1H. The van der Waals surface area contributed by atoms with Gasteiger partial charge in [-0.2, -0.15) is 0 Å². The molecular weight excluding hydrogens is 472 g/mol. The van der Waals surface area contributed by atoms with Crippen LogP contribution in [0.2, 0.25) is 0 Å². The number of aryl methyl sites for hydroxylation is 1. The van der Waals surface area contributed by atoms with E-state index in [1.165, 1.54) is 0 Å². The zero-order chi connectivity index (χ0) is 19.1. The second kappa shape index (κ2) is 11.2. The quantitative estimate of drug-likeness (QED) is 0.377. The molecule has 0 spiro atoms. The van der Waals surface area contributed by atoms with E-state index in [1.807, 2.05) is 18.3 Å². The maximum absolute atomic E-state index is 13.7. The summed E-state index contributed by atoms with van der Waals surface area (Å²) in [6.07, 6.45) is 1.81. The van der Waals surface area contributed by atoms with Crippen molar-refractivity contribution in [2.75, 3.05) is 38.3 Å². The van der Waals surface area contributed by atoms with E-state index < -0.39 is 0 Å². The third-order valence-corrected chi connectivity index (χ3v) is 4.54. The van der Waals surface area contributed by atoms with Crippen molar-refractivity contribution in [3.63, 3.8) is 0 Å². The summed E-state index contributed by atoms with van der Waals surface area (Å²) in [6.45, 7) is 5.99. The molecule has 1 saturated heterocycles. The predicted octanol–water partition coefficient (Wildman–Crippen LogP) is 2.85. The van der Waals surface area contributed by atoms with E-state index in [0.29, 0.717) is 24.6 Å². The highest BCUT2D eigenvalue weighted by molar-refractivity contribution is 14.0. The van der Waals surface area contributed by atoms with Gasteiger partial charge in [0.2, 0.25) is 0 Å². The predicted molar refractivity (Wildman–Crippen MR) is 121 cm³/mol. The van der Waals surface area contributed by atoms with E-state index in [0.717, 1.165) is 43.2 Å². The largest absolute Gasteiger partial charge is 0.378 e. The second-order valence-electron chi connectivity index (χ2n) is 6.45. The first-order chi connectivity index (χ1) is 13.2. The van der Waals surface area contributed by atoms with Crippen molar-refractivity contribution in [3.8, 4) is 0 Å². The van der Waals surface area contributed by atoms with E-state index in [4.69, 9.17) is 4.74 Å². The number of halogens is 2. The SMILES string of the molecule is CN=C(NCc1ccc(C)c(F)c1)NCc1cccnc1N1CCOCC1.I. The highest BCUT2D eigenvalue weighted by atomic mass is 127. The van der Waals surface area contributed by atoms with Gasteiger partial charge in [-0.3, -0.25) is 4.99 Å². The van der Waals surface area contributed by atoms with Crippen LogP contribution >= 0.6 is 24.0 Å². The fourth-order valence-corrected chi connectivity index (χ4v) is 2.96. The van der Waals surface area contributed by atoms with Crippen LogP contribution in [-0.2, 0) is 17.8 Å². The Balaban J connectivity index is 0.00000280. The summed E-state index contributed by atoms with van der Waals surface area (Å²) in [7, 11) is 1.72. The highest BCUT2D eigenvalue weighted by Gasteiger charge is 2.15. The molecule has 0 bridgehead atoms. The molecule has 1 aromatic carbocycles. The molecule has 1 fully saturated rings. The first-order valence-corrected chi connectivity index (χ1v) is 9.13. The van der Waals surface area contributed by atoms with Crippen LogP contribution in [0.25, 0.3) is 0 Å². The Morgan fingerprint density at radius 3 is 2.68 bits per heavy atom. The van der Waals surface area contributed by atoms with Gasteiger partial charge in [-0.1, -0.05) is 18.2 Å². The number of rotatable bonds is 5. The number of benzene rings is 1. The molecule has 0 amide bonds. The smallest absolute Gasteiger partial charge is 0.191 e. The number of hydrogen-bond acceptors (Lipinski definition) is 4. The first kappa shape index (κ1) is 22.4. The van der Waals surface area contributed by atoms with Gasteiger partial charge < -0.3 is 20.3 Å². The minimum absolute atomic E-state index is 0. The molecule has 1 aliphatic heterocycles. The Bertz CT molecular complexity index is 796. The summed E-state index contributed by atoms with van der Waals surface area (Å²) < 4.78 is 19.1. The summed E-state index contributed by atoms with van der Waals surface area (Å²) >= 11 is 0. The van der Waals surface area contributed by atoms with Crippen LogP contribution in [-0.4, -0.2) is 44.3 Å². The number of nitrogens with one attached hydrogen (secondary N) is 2. The van der Waals surface area contributed by atoms with Gasteiger partial charge in [-0.15, -0.1) is 24.0 Å². The highest BCUT2D eigenvalue weighted by Crippen LogP contribution is 2.18. The van der Waals surface area contributed by atoms with E-state index in [-0.39, 0.29) is 29.8 Å². The van der Waals surface area contributed by atoms with Crippen LogP contribution in [0, 0.1) is 12.7 Å². The third-order valence-electron chi connectivity index (χ3n) is 4.54. The molecule has 1 aliphatic rings. The molecule has 3 rings (SSSR count). The van der Waals surface area contributed by atoms with Gasteiger partial charge >= 0.3 is 0 Å². The van der Waals surface area contributed by atoms with E-state index >= 15 is 0 Å². The maximum Gasteiger partial charge on any atom is 0.191 e. The lowest BCUT2D eigenvalue weighted by atomic mass is 10.1. The number of aromatic nitrogens is 1. The molecule has 0 saturated carbocycles. The molecule has 2 heterocycles. The zero-order valence-corrected chi connectivity index (χ0v) is 18.6. The lowest BCUT2D eigenvalue weighted by molar-refractivity contribution is 0.122. The van der Waals surface area contributed by atoms with Gasteiger partial charge in [-0.25, -0.2) is 9.37 Å². The van der Waals surface area contributed by atoms with Crippen molar-refractivity contribution in [1.82, 2.24) is 15.6 Å². The van der Waals surface area contributed by atoms with Gasteiger partial charge in [0.05, 0.1) is 13.2 Å². The van der Waals surface area contributed by atoms with Crippen molar-refractivity contribution in [2.45, 2.75) is 20.0 Å². The summed E-state index contributed by atoms with van der Waals surface area (Å²) in [5.41, 5.74) is 2.62. The molecule has 0 atom stereocenters. The van der Waals surface area contributed by atoms with Gasteiger partial charge in [0.15, 0.2) is 5.96 Å². The van der Waals surface area contributed by atoms with Crippen LogP contribution in [0.1, 0.15) is 16.7 Å². The molecule has 6 nitrogen and oxygen atoms in total. The minimum Gasteiger partial charge on any atom is -0.378 e. The van der Waals surface area contributed by atoms with Crippen molar-refractivity contribution >= 4 is 35.8 Å². The van der Waals surface area contributed by atoms with Crippen LogP contribution < -0.4 is 15.5 Å². The van der Waals surface area contributed by atoms with Crippen molar-refractivity contribution in [1.29, 1.82) is 0 Å². The van der Waals surface area contributed by atoms with E-state index in [2.05, 4.69) is 31.6 Å². The minimum atomic E-state index is -0.192. The van der Waals surface area contributed by atoms with Crippen LogP contribution in [0.15, 0.2) is 41.5 Å². The van der Waals surface area contributed by atoms with Crippen molar-refractivity contribution in [3.05, 3.63) is 59.0 Å². The van der Waals surface area contributed by atoms with Crippen molar-refractivity contribution in [2.24, 2.45) is 4.99 Å². The van der Waals surface area contributed by atoms with Crippen LogP contribution in [0.4, 0.5) is 10.2 Å². The molecule has 0 radical (unpaired) electrons. The Morgan fingerprint density at radius 1 is 1.21 bits per heavy atom.